The minimum absolute atomic E-state index is 0.229. The van der Waals surface area contributed by atoms with E-state index < -0.39 is 60.1 Å². The van der Waals surface area contributed by atoms with Crippen molar-refractivity contribution in [3.63, 3.8) is 0 Å². The highest BCUT2D eigenvalue weighted by Crippen LogP contribution is 2.46. The summed E-state index contributed by atoms with van der Waals surface area (Å²) in [4.78, 5) is 63.0. The highest BCUT2D eigenvalue weighted by atomic mass is 16.6. The van der Waals surface area contributed by atoms with Gasteiger partial charge in [0.2, 0.25) is 11.8 Å². The predicted octanol–water partition coefficient (Wildman–Crippen LogP) is 1.32. The Morgan fingerprint density at radius 2 is 1.65 bits per heavy atom. The Morgan fingerprint density at radius 3 is 2.26 bits per heavy atom. The summed E-state index contributed by atoms with van der Waals surface area (Å²) < 4.78 is 22.2. The Kier molecular flexibility index (Phi) is 6.52. The number of para-hydroxylation sites is 1. The van der Waals surface area contributed by atoms with Crippen molar-refractivity contribution in [1.29, 1.82) is 0 Å². The second-order valence-corrected chi connectivity index (χ2v) is 8.42. The molecule has 2 aliphatic heterocycles. The van der Waals surface area contributed by atoms with Crippen LogP contribution in [0.5, 0.6) is 0 Å². The zero-order valence-electron chi connectivity index (χ0n) is 19.0. The third-order valence-corrected chi connectivity index (χ3v) is 6.11. The molecule has 1 aromatic carbocycles. The van der Waals surface area contributed by atoms with Gasteiger partial charge < -0.3 is 18.9 Å². The molecule has 2 saturated heterocycles. The summed E-state index contributed by atoms with van der Waals surface area (Å²) in [6, 6.07) is 8.59. The van der Waals surface area contributed by atoms with E-state index in [9.17, 15) is 24.0 Å². The van der Waals surface area contributed by atoms with Gasteiger partial charge in [-0.2, -0.15) is 0 Å². The molecule has 2 heterocycles. The third kappa shape index (κ3) is 4.33. The van der Waals surface area contributed by atoms with Crippen molar-refractivity contribution >= 4 is 35.4 Å². The molecule has 10 nitrogen and oxygen atoms in total. The van der Waals surface area contributed by atoms with Crippen molar-refractivity contribution in [3.8, 4) is 0 Å². The van der Waals surface area contributed by atoms with Crippen LogP contribution < -0.4 is 4.90 Å². The first-order valence-corrected chi connectivity index (χ1v) is 10.9. The lowest BCUT2D eigenvalue weighted by Gasteiger charge is -2.45. The Hall–Kier alpha value is -3.53. The van der Waals surface area contributed by atoms with Crippen molar-refractivity contribution in [2.45, 2.75) is 51.6 Å². The first-order valence-electron chi connectivity index (χ1n) is 10.9. The lowest BCUT2D eigenvalue weighted by molar-refractivity contribution is -0.206. The van der Waals surface area contributed by atoms with Gasteiger partial charge in [-0.1, -0.05) is 24.3 Å². The highest BCUT2D eigenvalue weighted by Gasteiger charge is 2.59. The Bertz CT molecular complexity index is 1050. The number of amides is 2. The van der Waals surface area contributed by atoms with Crippen molar-refractivity contribution in [1.82, 2.24) is 0 Å². The second-order valence-electron chi connectivity index (χ2n) is 8.42. The molecule has 0 bridgehead atoms. The molecule has 3 aliphatic rings. The van der Waals surface area contributed by atoms with E-state index in [1.165, 1.54) is 20.8 Å². The maximum absolute atomic E-state index is 13.5. The first kappa shape index (κ1) is 23.6. The van der Waals surface area contributed by atoms with E-state index in [-0.39, 0.29) is 18.9 Å². The minimum atomic E-state index is -1.10. The van der Waals surface area contributed by atoms with E-state index in [2.05, 4.69) is 0 Å². The molecular weight excluding hydrogens is 446 g/mol. The summed E-state index contributed by atoms with van der Waals surface area (Å²) in [6.07, 6.45) is -2.18. The van der Waals surface area contributed by atoms with Crippen molar-refractivity contribution in [2.24, 2.45) is 11.8 Å². The Balaban J connectivity index is 1.72. The quantitative estimate of drug-likeness (QED) is 0.270. The molecule has 0 radical (unpaired) electrons. The van der Waals surface area contributed by atoms with Crippen LogP contribution in [-0.4, -0.2) is 60.7 Å². The van der Waals surface area contributed by atoms with Crippen molar-refractivity contribution < 1.29 is 42.9 Å². The van der Waals surface area contributed by atoms with Crippen molar-refractivity contribution in [3.05, 3.63) is 42.0 Å². The summed E-state index contributed by atoms with van der Waals surface area (Å²) in [5.74, 6) is -4.17. The fourth-order valence-electron chi connectivity index (χ4n) is 4.82. The lowest BCUT2D eigenvalue weighted by atomic mass is 9.74. The van der Waals surface area contributed by atoms with Gasteiger partial charge in [0.05, 0.1) is 23.6 Å². The van der Waals surface area contributed by atoms with Gasteiger partial charge in [-0.3, -0.25) is 24.0 Å². The van der Waals surface area contributed by atoms with Crippen LogP contribution in [0.3, 0.4) is 0 Å². The summed E-state index contributed by atoms with van der Waals surface area (Å²) in [5.41, 5.74) is 0.896. The van der Waals surface area contributed by atoms with Crippen LogP contribution in [0.1, 0.15) is 27.2 Å². The fourth-order valence-corrected chi connectivity index (χ4v) is 4.82. The van der Waals surface area contributed by atoms with Gasteiger partial charge in [0.15, 0.2) is 12.2 Å². The number of anilines is 1. The van der Waals surface area contributed by atoms with E-state index in [0.29, 0.717) is 11.3 Å². The number of allylic oxidation sites excluding steroid dienone is 1. The SMILES string of the molecule is CC(=O)OC[C@H]1O[C@@H]2C(=CC[C@@H]3C(=O)N(c4ccccc4)C(=O)[C@@H]32)[C@@H](OC(C)=O)[C@@H]1OC(C)=O. The largest absolute Gasteiger partial charge is 0.463 e. The number of ether oxygens (including phenoxy) is 4. The molecule has 1 aromatic rings. The molecule has 1 aliphatic carbocycles. The number of esters is 3. The van der Waals surface area contributed by atoms with Gasteiger partial charge in [-0.05, 0) is 24.1 Å². The number of fused-ring (bicyclic) bond motifs is 3. The summed E-state index contributed by atoms with van der Waals surface area (Å²) in [7, 11) is 0. The zero-order chi connectivity index (χ0) is 24.6. The normalized spacial score (nSPS) is 30.1. The van der Waals surface area contributed by atoms with Crippen LogP contribution in [0, 0.1) is 11.8 Å². The maximum Gasteiger partial charge on any atom is 0.303 e. The smallest absolute Gasteiger partial charge is 0.303 e. The topological polar surface area (TPSA) is 126 Å². The van der Waals surface area contributed by atoms with Gasteiger partial charge in [0, 0.05) is 20.8 Å². The molecule has 6 atom stereocenters. The predicted molar refractivity (Wildman–Crippen MR) is 115 cm³/mol. The number of rotatable bonds is 5. The number of benzene rings is 1. The molecule has 0 saturated carbocycles. The number of hydrogen-bond donors (Lipinski definition) is 0. The minimum Gasteiger partial charge on any atom is -0.463 e. The maximum atomic E-state index is 13.5. The number of carbonyl (C=O) groups excluding carboxylic acids is 5. The number of hydrogen-bond acceptors (Lipinski definition) is 9. The summed E-state index contributed by atoms with van der Waals surface area (Å²) in [5, 5.41) is 0. The molecule has 4 rings (SSSR count). The van der Waals surface area contributed by atoms with E-state index >= 15 is 0 Å². The molecule has 0 N–H and O–H groups in total. The fraction of sp³-hybridized carbons (Fsp3) is 0.458. The van der Waals surface area contributed by atoms with Crippen LogP contribution in [0.2, 0.25) is 0 Å². The van der Waals surface area contributed by atoms with Gasteiger partial charge >= 0.3 is 17.9 Å². The van der Waals surface area contributed by atoms with Crippen LogP contribution in [0.15, 0.2) is 42.0 Å². The molecule has 180 valence electrons. The number of imide groups is 1. The van der Waals surface area contributed by atoms with Crippen LogP contribution in [0.25, 0.3) is 0 Å². The number of carbonyl (C=O) groups is 5. The van der Waals surface area contributed by atoms with Gasteiger partial charge in [0.25, 0.3) is 0 Å². The molecule has 0 unspecified atom stereocenters. The van der Waals surface area contributed by atoms with Gasteiger partial charge in [0.1, 0.15) is 12.7 Å². The molecule has 2 amide bonds. The van der Waals surface area contributed by atoms with Crippen LogP contribution in [0.4, 0.5) is 5.69 Å². The van der Waals surface area contributed by atoms with Crippen LogP contribution >= 0.6 is 0 Å². The van der Waals surface area contributed by atoms with Crippen molar-refractivity contribution in [2.75, 3.05) is 11.5 Å². The standard InChI is InChI=1S/C24H25NO9/c1-12(26)31-11-18-22(33-14(3)28)21(32-13(2)27)17-10-9-16-19(20(17)34-18)24(30)25(23(16)29)15-7-5-4-6-8-15/h4-8,10,16,18-22H,9,11H2,1-3H3/t16-,18+,19-,20+,21+,22+/m0/s1. The third-order valence-electron chi connectivity index (χ3n) is 6.11. The van der Waals surface area contributed by atoms with Gasteiger partial charge in [-0.15, -0.1) is 0 Å². The molecule has 34 heavy (non-hydrogen) atoms. The van der Waals surface area contributed by atoms with Gasteiger partial charge in [-0.25, -0.2) is 4.90 Å². The summed E-state index contributed by atoms with van der Waals surface area (Å²) >= 11 is 0. The van der Waals surface area contributed by atoms with E-state index in [1.54, 1.807) is 36.4 Å². The highest BCUT2D eigenvalue weighted by molar-refractivity contribution is 6.22. The van der Waals surface area contributed by atoms with E-state index in [0.717, 1.165) is 4.90 Å². The first-order chi connectivity index (χ1) is 16.2. The average Bonchev–Trinajstić information content (AvgIpc) is 3.04. The lowest BCUT2D eigenvalue weighted by Crippen LogP contribution is -2.58. The monoisotopic (exact) mass is 471 g/mol. The molecule has 0 aromatic heterocycles. The number of nitrogens with zero attached hydrogens (tertiary/aromatic N) is 1. The molecular formula is C24H25NO9. The Morgan fingerprint density at radius 1 is 0.971 bits per heavy atom. The van der Waals surface area contributed by atoms with Crippen LogP contribution in [-0.2, 0) is 42.9 Å². The molecule has 2 fully saturated rings. The Labute approximate surface area is 195 Å². The van der Waals surface area contributed by atoms with E-state index in [4.69, 9.17) is 18.9 Å². The molecule has 10 heteroatoms. The van der Waals surface area contributed by atoms with E-state index in [1.807, 2.05) is 0 Å². The average molecular weight is 471 g/mol. The molecule has 0 spiro atoms. The summed E-state index contributed by atoms with van der Waals surface area (Å²) in [6.45, 7) is 3.33. The second kappa shape index (κ2) is 9.38. The zero-order valence-corrected chi connectivity index (χ0v) is 19.0.